The second kappa shape index (κ2) is 13.5. The maximum absolute atomic E-state index is 8.60. The van der Waals surface area contributed by atoms with E-state index >= 15 is 0 Å². The number of nitrogens with zero attached hydrogens (tertiary/aromatic N) is 2. The molecule has 17 heavy (non-hydrogen) atoms. The molecule has 0 aromatic heterocycles. The lowest BCUT2D eigenvalue weighted by Crippen LogP contribution is -2.29. The Labute approximate surface area is 107 Å². The molecule has 0 amide bonds. The predicted octanol–water partition coefficient (Wildman–Crippen LogP) is 3.21. The minimum Gasteiger partial charge on any atom is -0.383 e. The molecule has 0 unspecified atom stereocenters. The van der Waals surface area contributed by atoms with E-state index in [0.717, 1.165) is 26.2 Å². The second-order valence-electron chi connectivity index (χ2n) is 4.51. The second-order valence-corrected chi connectivity index (χ2v) is 4.51. The summed E-state index contributed by atoms with van der Waals surface area (Å²) in [6.45, 7) is 5.95. The van der Waals surface area contributed by atoms with E-state index in [2.05, 4.69) is 17.9 Å². The topological polar surface area (TPSA) is 36.3 Å². The summed E-state index contributed by atoms with van der Waals surface area (Å²) < 4.78 is 5.09. The van der Waals surface area contributed by atoms with Crippen molar-refractivity contribution in [1.82, 2.24) is 4.90 Å². The first-order valence-corrected chi connectivity index (χ1v) is 6.93. The molecule has 0 aliphatic heterocycles. The molecule has 0 N–H and O–H groups in total. The summed E-state index contributed by atoms with van der Waals surface area (Å²) >= 11 is 0. The van der Waals surface area contributed by atoms with E-state index in [-0.39, 0.29) is 0 Å². The van der Waals surface area contributed by atoms with Crippen LogP contribution in [-0.2, 0) is 4.74 Å². The lowest BCUT2D eigenvalue weighted by molar-refractivity contribution is 0.147. The van der Waals surface area contributed by atoms with Crippen LogP contribution in [0.2, 0.25) is 0 Å². The zero-order valence-corrected chi connectivity index (χ0v) is 11.6. The highest BCUT2D eigenvalue weighted by Crippen LogP contribution is 2.06. The van der Waals surface area contributed by atoms with Crippen LogP contribution in [0.5, 0.6) is 0 Å². The summed E-state index contributed by atoms with van der Waals surface area (Å²) in [5.74, 6) is 0. The number of hydrogen-bond acceptors (Lipinski definition) is 3. The highest BCUT2D eigenvalue weighted by atomic mass is 16.5. The molecule has 0 fully saturated rings. The van der Waals surface area contributed by atoms with Gasteiger partial charge < -0.3 is 9.64 Å². The van der Waals surface area contributed by atoms with E-state index in [0.29, 0.717) is 6.42 Å². The molecular weight excluding hydrogens is 212 g/mol. The molecule has 0 aliphatic rings. The first-order chi connectivity index (χ1) is 8.35. The summed E-state index contributed by atoms with van der Waals surface area (Å²) in [7, 11) is 1.73. The molecule has 0 aliphatic carbocycles. The first kappa shape index (κ1) is 16.4. The Hall–Kier alpha value is -0.590. The standard InChI is InChI=1S/C14H28N2O/c1-3-4-5-6-7-8-11-16(12-9-10-15)13-14-17-2/h3-9,11-14H2,1-2H3. The maximum atomic E-state index is 8.60. The van der Waals surface area contributed by atoms with E-state index in [1.807, 2.05) is 0 Å². The van der Waals surface area contributed by atoms with E-state index < -0.39 is 0 Å². The van der Waals surface area contributed by atoms with Gasteiger partial charge in [0, 0.05) is 26.6 Å². The van der Waals surface area contributed by atoms with Gasteiger partial charge in [-0.05, 0) is 13.0 Å². The van der Waals surface area contributed by atoms with Crippen molar-refractivity contribution in [3.05, 3.63) is 0 Å². The number of hydrogen-bond donors (Lipinski definition) is 0. The van der Waals surface area contributed by atoms with Gasteiger partial charge in [0.1, 0.15) is 0 Å². The Balaban J connectivity index is 3.50. The van der Waals surface area contributed by atoms with Crippen LogP contribution < -0.4 is 0 Å². The van der Waals surface area contributed by atoms with Crippen LogP contribution in [0.25, 0.3) is 0 Å². The van der Waals surface area contributed by atoms with Crippen molar-refractivity contribution < 1.29 is 4.74 Å². The lowest BCUT2D eigenvalue weighted by atomic mass is 10.1. The number of methoxy groups -OCH3 is 1. The van der Waals surface area contributed by atoms with Crippen LogP contribution >= 0.6 is 0 Å². The van der Waals surface area contributed by atoms with Crippen LogP contribution in [0.3, 0.4) is 0 Å². The molecule has 0 rings (SSSR count). The highest BCUT2D eigenvalue weighted by Gasteiger charge is 2.03. The van der Waals surface area contributed by atoms with Crippen LogP contribution in [0.1, 0.15) is 51.9 Å². The molecule has 0 atom stereocenters. The van der Waals surface area contributed by atoms with Crippen molar-refractivity contribution in [3.63, 3.8) is 0 Å². The van der Waals surface area contributed by atoms with Gasteiger partial charge >= 0.3 is 0 Å². The van der Waals surface area contributed by atoms with Gasteiger partial charge in [0.05, 0.1) is 12.7 Å². The summed E-state index contributed by atoms with van der Waals surface area (Å²) in [5.41, 5.74) is 0. The third kappa shape index (κ3) is 11.7. The van der Waals surface area contributed by atoms with Gasteiger partial charge in [0.2, 0.25) is 0 Å². The predicted molar refractivity (Wildman–Crippen MR) is 71.9 cm³/mol. The number of nitriles is 1. The van der Waals surface area contributed by atoms with Gasteiger partial charge in [-0.3, -0.25) is 0 Å². The highest BCUT2D eigenvalue weighted by molar-refractivity contribution is 4.72. The normalized spacial score (nSPS) is 10.7. The monoisotopic (exact) mass is 240 g/mol. The Morgan fingerprint density at radius 1 is 1.00 bits per heavy atom. The molecular formula is C14H28N2O. The Bertz CT molecular complexity index is 189. The van der Waals surface area contributed by atoms with Crippen LogP contribution in [-0.4, -0.2) is 38.3 Å². The van der Waals surface area contributed by atoms with E-state index in [9.17, 15) is 0 Å². The van der Waals surface area contributed by atoms with Crippen molar-refractivity contribution in [3.8, 4) is 6.07 Å². The van der Waals surface area contributed by atoms with Crippen molar-refractivity contribution in [2.24, 2.45) is 0 Å². The largest absolute Gasteiger partial charge is 0.383 e. The Kier molecular flexibility index (Phi) is 13.0. The summed E-state index contributed by atoms with van der Waals surface area (Å²) in [6.07, 6.45) is 8.58. The fourth-order valence-electron chi connectivity index (χ4n) is 1.88. The lowest BCUT2D eigenvalue weighted by Gasteiger charge is -2.20. The minimum atomic E-state index is 0.625. The molecule has 0 saturated carbocycles. The summed E-state index contributed by atoms with van der Waals surface area (Å²) in [5, 5.41) is 8.60. The quantitative estimate of drug-likeness (QED) is 0.491. The molecule has 0 aromatic rings. The van der Waals surface area contributed by atoms with Crippen molar-refractivity contribution in [1.29, 1.82) is 5.26 Å². The Morgan fingerprint density at radius 3 is 2.35 bits per heavy atom. The van der Waals surface area contributed by atoms with Gasteiger partial charge in [-0.25, -0.2) is 0 Å². The number of unbranched alkanes of at least 4 members (excludes halogenated alkanes) is 5. The SMILES string of the molecule is CCCCCCCCN(CCC#N)CCOC. The fraction of sp³-hybridized carbons (Fsp3) is 0.929. The molecule has 0 aromatic carbocycles. The zero-order valence-electron chi connectivity index (χ0n) is 11.6. The van der Waals surface area contributed by atoms with Crippen molar-refractivity contribution >= 4 is 0 Å². The van der Waals surface area contributed by atoms with E-state index in [4.69, 9.17) is 10.00 Å². The minimum absolute atomic E-state index is 0.625. The van der Waals surface area contributed by atoms with Crippen molar-refractivity contribution in [2.75, 3.05) is 33.4 Å². The Morgan fingerprint density at radius 2 is 1.71 bits per heavy atom. The molecule has 3 nitrogen and oxygen atoms in total. The average molecular weight is 240 g/mol. The molecule has 0 saturated heterocycles. The average Bonchev–Trinajstić information content (AvgIpc) is 2.35. The smallest absolute Gasteiger partial charge is 0.0635 e. The first-order valence-electron chi connectivity index (χ1n) is 6.93. The van der Waals surface area contributed by atoms with Crippen molar-refractivity contribution in [2.45, 2.75) is 51.9 Å². The maximum Gasteiger partial charge on any atom is 0.0635 e. The van der Waals surface area contributed by atoms with Gasteiger partial charge in [-0.2, -0.15) is 5.26 Å². The van der Waals surface area contributed by atoms with E-state index in [1.54, 1.807) is 7.11 Å². The van der Waals surface area contributed by atoms with Gasteiger partial charge in [0.15, 0.2) is 0 Å². The molecule has 0 radical (unpaired) electrons. The molecule has 0 spiro atoms. The molecule has 0 heterocycles. The van der Waals surface area contributed by atoms with Crippen LogP contribution in [0.15, 0.2) is 0 Å². The summed E-state index contributed by atoms with van der Waals surface area (Å²) in [4.78, 5) is 2.34. The fourth-order valence-corrected chi connectivity index (χ4v) is 1.88. The molecule has 0 bridgehead atoms. The number of rotatable bonds is 12. The van der Waals surface area contributed by atoms with Gasteiger partial charge in [0.25, 0.3) is 0 Å². The van der Waals surface area contributed by atoms with E-state index in [1.165, 1.54) is 38.5 Å². The third-order valence-corrected chi connectivity index (χ3v) is 2.98. The van der Waals surface area contributed by atoms with Crippen LogP contribution in [0.4, 0.5) is 0 Å². The number of ether oxygens (including phenoxy) is 1. The third-order valence-electron chi connectivity index (χ3n) is 2.98. The zero-order chi connectivity index (χ0) is 12.8. The van der Waals surface area contributed by atoms with Crippen LogP contribution in [0, 0.1) is 11.3 Å². The molecule has 100 valence electrons. The summed E-state index contributed by atoms with van der Waals surface area (Å²) in [6, 6.07) is 2.21. The molecule has 3 heteroatoms. The van der Waals surface area contributed by atoms with Gasteiger partial charge in [-0.15, -0.1) is 0 Å². The van der Waals surface area contributed by atoms with Gasteiger partial charge in [-0.1, -0.05) is 39.0 Å².